The van der Waals surface area contributed by atoms with Gasteiger partial charge in [-0.15, -0.1) is 0 Å². The van der Waals surface area contributed by atoms with Gasteiger partial charge < -0.3 is 20.4 Å². The van der Waals surface area contributed by atoms with Crippen LogP contribution in [0.2, 0.25) is 0 Å². The first-order valence-electron chi connectivity index (χ1n) is 9.92. The third-order valence-corrected chi connectivity index (χ3v) is 4.91. The van der Waals surface area contributed by atoms with Crippen molar-refractivity contribution in [3.05, 3.63) is 42.2 Å². The van der Waals surface area contributed by atoms with Gasteiger partial charge >= 0.3 is 0 Å². The van der Waals surface area contributed by atoms with Crippen molar-refractivity contribution in [2.75, 3.05) is 55.3 Å². The van der Waals surface area contributed by atoms with Crippen molar-refractivity contribution in [1.29, 1.82) is 0 Å². The topological polar surface area (TPSA) is 73.4 Å². The number of anilines is 3. The second-order valence-electron chi connectivity index (χ2n) is 7.70. The predicted molar refractivity (Wildman–Crippen MR) is 114 cm³/mol. The largest absolute Gasteiger partial charge is 0.369 e. The van der Waals surface area contributed by atoms with Crippen molar-refractivity contribution >= 4 is 23.2 Å². The zero-order chi connectivity index (χ0) is 19.9. The van der Waals surface area contributed by atoms with Crippen LogP contribution in [0.1, 0.15) is 30.6 Å². The molecule has 0 spiro atoms. The molecule has 0 saturated carbocycles. The Labute approximate surface area is 167 Å². The molecule has 28 heavy (non-hydrogen) atoms. The number of nitrogens with zero attached hydrogens (tertiary/aromatic N) is 4. The van der Waals surface area contributed by atoms with Crippen molar-refractivity contribution < 1.29 is 4.79 Å². The maximum absolute atomic E-state index is 12.4. The minimum absolute atomic E-state index is 0.207. The Morgan fingerprint density at radius 2 is 1.71 bits per heavy atom. The van der Waals surface area contributed by atoms with Gasteiger partial charge in [-0.1, -0.05) is 13.8 Å². The predicted octanol–water partition coefficient (Wildman–Crippen LogP) is 2.94. The first-order valence-corrected chi connectivity index (χ1v) is 9.92. The molecule has 0 radical (unpaired) electrons. The van der Waals surface area contributed by atoms with E-state index in [4.69, 9.17) is 0 Å². The van der Waals surface area contributed by atoms with Crippen LogP contribution in [0.3, 0.4) is 0 Å². The molecule has 1 saturated heterocycles. The van der Waals surface area contributed by atoms with Crippen LogP contribution in [0.5, 0.6) is 0 Å². The van der Waals surface area contributed by atoms with Crippen LogP contribution in [0, 0.1) is 5.92 Å². The van der Waals surface area contributed by atoms with Crippen molar-refractivity contribution in [2.45, 2.75) is 20.3 Å². The highest BCUT2D eigenvalue weighted by Gasteiger charge is 2.14. The van der Waals surface area contributed by atoms with E-state index in [0.29, 0.717) is 17.4 Å². The van der Waals surface area contributed by atoms with Crippen LogP contribution in [0.15, 0.2) is 36.7 Å². The molecule has 1 aromatic heterocycles. The Morgan fingerprint density at radius 1 is 1.07 bits per heavy atom. The third-order valence-electron chi connectivity index (χ3n) is 4.91. The van der Waals surface area contributed by atoms with E-state index in [1.165, 1.54) is 5.69 Å². The van der Waals surface area contributed by atoms with Crippen LogP contribution in [-0.2, 0) is 0 Å². The summed E-state index contributed by atoms with van der Waals surface area (Å²) in [4.78, 5) is 25.6. The Hall–Kier alpha value is -2.67. The summed E-state index contributed by atoms with van der Waals surface area (Å²) in [5.74, 6) is 0.968. The van der Waals surface area contributed by atoms with E-state index in [2.05, 4.69) is 63.4 Å². The highest BCUT2D eigenvalue weighted by Crippen LogP contribution is 2.19. The van der Waals surface area contributed by atoms with Crippen LogP contribution in [-0.4, -0.2) is 60.5 Å². The first kappa shape index (κ1) is 20.1. The van der Waals surface area contributed by atoms with Crippen LogP contribution >= 0.6 is 0 Å². The average Bonchev–Trinajstić information content (AvgIpc) is 2.69. The molecule has 7 nitrogen and oxygen atoms in total. The highest BCUT2D eigenvalue weighted by molar-refractivity contribution is 6.03. The molecule has 150 valence electrons. The summed E-state index contributed by atoms with van der Waals surface area (Å²) in [6.07, 6.45) is 4.16. The smallest absolute Gasteiger partial charge is 0.258 e. The normalized spacial score (nSPS) is 14.9. The number of piperazine rings is 1. The lowest BCUT2D eigenvalue weighted by molar-refractivity contribution is 0.102. The minimum atomic E-state index is -0.207. The van der Waals surface area contributed by atoms with E-state index in [0.717, 1.165) is 44.8 Å². The van der Waals surface area contributed by atoms with Gasteiger partial charge in [0, 0.05) is 56.5 Å². The molecular formula is C21H30N6O. The van der Waals surface area contributed by atoms with E-state index in [-0.39, 0.29) is 5.91 Å². The Morgan fingerprint density at radius 3 is 2.32 bits per heavy atom. The zero-order valence-electron chi connectivity index (χ0n) is 17.0. The molecule has 2 N–H and O–H groups in total. The van der Waals surface area contributed by atoms with Crippen LogP contribution in [0.25, 0.3) is 0 Å². The minimum Gasteiger partial charge on any atom is -0.369 e. The molecule has 0 unspecified atom stereocenters. The molecule has 7 heteroatoms. The van der Waals surface area contributed by atoms with Crippen molar-refractivity contribution in [2.24, 2.45) is 5.92 Å². The van der Waals surface area contributed by atoms with Gasteiger partial charge in [0.15, 0.2) is 0 Å². The van der Waals surface area contributed by atoms with Crippen LogP contribution < -0.4 is 15.5 Å². The third kappa shape index (κ3) is 5.66. The summed E-state index contributed by atoms with van der Waals surface area (Å²) in [6, 6.07) is 7.99. The quantitative estimate of drug-likeness (QED) is 0.767. The number of benzene rings is 1. The molecule has 1 aliphatic rings. The summed E-state index contributed by atoms with van der Waals surface area (Å²) in [7, 11) is 2.15. The highest BCUT2D eigenvalue weighted by atomic mass is 16.1. The maximum atomic E-state index is 12.4. The molecule has 0 atom stereocenters. The van der Waals surface area contributed by atoms with Crippen molar-refractivity contribution in [3.63, 3.8) is 0 Å². The molecule has 2 heterocycles. The maximum Gasteiger partial charge on any atom is 0.258 e. The molecule has 1 aromatic carbocycles. The summed E-state index contributed by atoms with van der Waals surface area (Å²) in [5, 5.41) is 6.08. The summed E-state index contributed by atoms with van der Waals surface area (Å²) >= 11 is 0. The van der Waals surface area contributed by atoms with Crippen LogP contribution in [0.4, 0.5) is 17.3 Å². The second kappa shape index (κ2) is 9.50. The Kier molecular flexibility index (Phi) is 6.81. The van der Waals surface area contributed by atoms with Gasteiger partial charge in [-0.05, 0) is 43.7 Å². The number of carbonyl (C=O) groups excluding carboxylic acids is 1. The molecule has 3 rings (SSSR count). The lowest BCUT2D eigenvalue weighted by Crippen LogP contribution is -2.44. The number of hydrogen-bond acceptors (Lipinski definition) is 6. The van der Waals surface area contributed by atoms with E-state index >= 15 is 0 Å². The second-order valence-corrected chi connectivity index (χ2v) is 7.70. The number of hydrogen-bond donors (Lipinski definition) is 2. The summed E-state index contributed by atoms with van der Waals surface area (Å²) in [6.45, 7) is 9.36. The van der Waals surface area contributed by atoms with Gasteiger partial charge in [-0.2, -0.15) is 0 Å². The number of carbonyl (C=O) groups is 1. The lowest BCUT2D eigenvalue weighted by Gasteiger charge is -2.34. The van der Waals surface area contributed by atoms with Gasteiger partial charge in [-0.25, -0.2) is 9.97 Å². The number of amides is 1. The summed E-state index contributed by atoms with van der Waals surface area (Å²) < 4.78 is 0. The Bertz CT molecular complexity index is 751. The lowest BCUT2D eigenvalue weighted by atomic mass is 10.1. The van der Waals surface area contributed by atoms with Gasteiger partial charge in [-0.3, -0.25) is 4.79 Å². The van der Waals surface area contributed by atoms with E-state index in [9.17, 15) is 4.79 Å². The zero-order valence-corrected chi connectivity index (χ0v) is 17.0. The van der Waals surface area contributed by atoms with E-state index in [1.54, 1.807) is 12.4 Å². The van der Waals surface area contributed by atoms with Gasteiger partial charge in [0.25, 0.3) is 5.91 Å². The molecule has 2 aromatic rings. The number of likely N-dealkylation sites (N-methyl/N-ethyl adjacent to an activating group) is 1. The summed E-state index contributed by atoms with van der Waals surface area (Å²) in [5.41, 5.74) is 2.39. The fraction of sp³-hybridized carbons (Fsp3) is 0.476. The number of rotatable bonds is 7. The van der Waals surface area contributed by atoms with Gasteiger partial charge in [0.2, 0.25) is 5.95 Å². The van der Waals surface area contributed by atoms with Crippen molar-refractivity contribution in [3.8, 4) is 0 Å². The molecular weight excluding hydrogens is 352 g/mol. The van der Waals surface area contributed by atoms with Gasteiger partial charge in [0.1, 0.15) is 0 Å². The molecule has 1 fully saturated rings. The monoisotopic (exact) mass is 382 g/mol. The van der Waals surface area contributed by atoms with Crippen molar-refractivity contribution in [1.82, 2.24) is 14.9 Å². The number of aromatic nitrogens is 2. The fourth-order valence-electron chi connectivity index (χ4n) is 3.03. The Balaban J connectivity index is 1.52. The van der Waals surface area contributed by atoms with E-state index in [1.807, 2.05) is 12.1 Å². The standard InChI is InChI=1S/C21H30N6O/c1-16(2)8-9-22-21-23-14-17(15-24-21)20(28)25-18-4-6-19(7-5-18)27-12-10-26(3)11-13-27/h4-7,14-16H,8-13H2,1-3H3,(H,25,28)(H,22,23,24). The SMILES string of the molecule is CC(C)CCNc1ncc(C(=O)Nc2ccc(N3CCN(C)CC3)cc2)cn1. The molecule has 0 aliphatic carbocycles. The molecule has 1 aliphatic heterocycles. The molecule has 0 bridgehead atoms. The number of nitrogens with one attached hydrogen (secondary N) is 2. The fourth-order valence-corrected chi connectivity index (χ4v) is 3.03. The first-order chi connectivity index (χ1) is 13.5. The molecule has 1 amide bonds. The van der Waals surface area contributed by atoms with E-state index < -0.39 is 0 Å². The van der Waals surface area contributed by atoms with Gasteiger partial charge in [0.05, 0.1) is 5.56 Å². The average molecular weight is 383 g/mol.